The topological polar surface area (TPSA) is 37.3 Å². The predicted molar refractivity (Wildman–Crippen MR) is 119 cm³/mol. The van der Waals surface area contributed by atoms with Crippen molar-refractivity contribution in [1.29, 1.82) is 0 Å². The Morgan fingerprint density at radius 3 is 2.55 bits per heavy atom. The summed E-state index contributed by atoms with van der Waals surface area (Å²) in [6, 6.07) is 0. The van der Waals surface area contributed by atoms with Gasteiger partial charge in [-0.05, 0) is 90.9 Å². The van der Waals surface area contributed by atoms with Crippen molar-refractivity contribution < 1.29 is 9.90 Å². The Kier molecular flexibility index (Phi) is 5.82. The number of hydrogen-bond acceptors (Lipinski definition) is 2. The van der Waals surface area contributed by atoms with Crippen molar-refractivity contribution in [2.24, 2.45) is 46.3 Å². The van der Waals surface area contributed by atoms with Gasteiger partial charge in [0.2, 0.25) is 0 Å². The highest BCUT2D eigenvalue weighted by atomic mass is 16.3. The summed E-state index contributed by atoms with van der Waals surface area (Å²) in [5, 5.41) is 11.3. The SMILES string of the molecule is CC(C)CCCC(C)C1CCC2C3C(O)CC4=CC(=O)CCC4(C)C3CCC12C. The third-order valence-electron chi connectivity index (χ3n) is 10.2. The molecule has 0 saturated heterocycles. The molecule has 4 aliphatic carbocycles. The van der Waals surface area contributed by atoms with Crippen LogP contribution in [0.5, 0.6) is 0 Å². The Labute approximate surface area is 178 Å². The van der Waals surface area contributed by atoms with E-state index in [1.165, 1.54) is 50.5 Å². The molecule has 2 heteroatoms. The van der Waals surface area contributed by atoms with Gasteiger partial charge in [0, 0.05) is 6.42 Å². The van der Waals surface area contributed by atoms with E-state index in [9.17, 15) is 9.90 Å². The molecule has 0 spiro atoms. The first kappa shape index (κ1) is 21.6. The molecule has 0 amide bonds. The Morgan fingerprint density at radius 2 is 1.83 bits per heavy atom. The molecule has 0 radical (unpaired) electrons. The normalized spacial score (nSPS) is 45.4. The maximum absolute atomic E-state index is 12.0. The van der Waals surface area contributed by atoms with Gasteiger partial charge in [0.15, 0.2) is 5.78 Å². The standard InChI is InChI=1S/C27H44O2/c1-17(2)7-6-8-18(3)21-9-10-22-25-23(12-14-27(21,22)5)26(4)13-11-20(28)15-19(26)16-24(25)29/h15,17-18,21-25,29H,6-14,16H2,1-5H3. The van der Waals surface area contributed by atoms with Crippen molar-refractivity contribution in [3.8, 4) is 0 Å². The van der Waals surface area contributed by atoms with Crippen LogP contribution in [0, 0.1) is 46.3 Å². The summed E-state index contributed by atoms with van der Waals surface area (Å²) in [4.78, 5) is 12.0. The van der Waals surface area contributed by atoms with Gasteiger partial charge in [0.05, 0.1) is 6.10 Å². The van der Waals surface area contributed by atoms with Gasteiger partial charge in [0.1, 0.15) is 0 Å². The summed E-state index contributed by atoms with van der Waals surface area (Å²) in [6.07, 6.45) is 13.4. The molecular formula is C27H44O2. The van der Waals surface area contributed by atoms with Crippen molar-refractivity contribution in [3.63, 3.8) is 0 Å². The number of ketones is 1. The second-order valence-corrected chi connectivity index (χ2v) is 12.1. The Bertz CT molecular complexity index is 663. The number of fused-ring (bicyclic) bond motifs is 5. The van der Waals surface area contributed by atoms with Crippen LogP contribution in [-0.4, -0.2) is 17.0 Å². The molecule has 164 valence electrons. The van der Waals surface area contributed by atoms with Gasteiger partial charge < -0.3 is 5.11 Å². The number of hydrogen-bond donors (Lipinski definition) is 1. The minimum atomic E-state index is -0.246. The Hall–Kier alpha value is -0.630. The lowest BCUT2D eigenvalue weighted by atomic mass is 9.45. The van der Waals surface area contributed by atoms with Crippen molar-refractivity contribution >= 4 is 5.78 Å². The minimum Gasteiger partial charge on any atom is -0.392 e. The zero-order chi connectivity index (χ0) is 21.0. The van der Waals surface area contributed by atoms with Gasteiger partial charge in [-0.25, -0.2) is 0 Å². The van der Waals surface area contributed by atoms with E-state index in [1.807, 2.05) is 6.08 Å². The van der Waals surface area contributed by atoms with Gasteiger partial charge in [-0.2, -0.15) is 0 Å². The molecule has 0 aliphatic heterocycles. The molecule has 0 heterocycles. The lowest BCUT2D eigenvalue weighted by Gasteiger charge is -2.60. The van der Waals surface area contributed by atoms with Gasteiger partial charge in [0.25, 0.3) is 0 Å². The number of aliphatic hydroxyl groups excluding tert-OH is 1. The van der Waals surface area contributed by atoms with Gasteiger partial charge >= 0.3 is 0 Å². The molecule has 29 heavy (non-hydrogen) atoms. The highest BCUT2D eigenvalue weighted by molar-refractivity contribution is 5.91. The van der Waals surface area contributed by atoms with E-state index in [2.05, 4.69) is 34.6 Å². The van der Waals surface area contributed by atoms with E-state index in [1.54, 1.807) is 0 Å². The summed E-state index contributed by atoms with van der Waals surface area (Å²) >= 11 is 0. The molecule has 3 fully saturated rings. The first-order chi connectivity index (χ1) is 13.7. The number of carbonyl (C=O) groups excluding carboxylic acids is 1. The fourth-order valence-electron chi connectivity index (χ4n) is 8.55. The number of carbonyl (C=O) groups is 1. The van der Waals surface area contributed by atoms with Gasteiger partial charge in [-0.1, -0.05) is 59.5 Å². The van der Waals surface area contributed by atoms with Gasteiger partial charge in [-0.3, -0.25) is 4.79 Å². The fourth-order valence-corrected chi connectivity index (χ4v) is 8.55. The van der Waals surface area contributed by atoms with Crippen LogP contribution < -0.4 is 0 Å². The quantitative estimate of drug-likeness (QED) is 0.567. The molecule has 8 unspecified atom stereocenters. The highest BCUT2D eigenvalue weighted by Gasteiger charge is 2.61. The monoisotopic (exact) mass is 400 g/mol. The molecule has 0 aromatic heterocycles. The Morgan fingerprint density at radius 1 is 1.07 bits per heavy atom. The highest BCUT2D eigenvalue weighted by Crippen LogP contribution is 2.67. The third-order valence-corrected chi connectivity index (χ3v) is 10.2. The van der Waals surface area contributed by atoms with E-state index < -0.39 is 0 Å². The molecular weight excluding hydrogens is 356 g/mol. The van der Waals surface area contributed by atoms with Gasteiger partial charge in [-0.15, -0.1) is 0 Å². The predicted octanol–water partition coefficient (Wildman–Crippen LogP) is 6.57. The first-order valence-corrected chi connectivity index (χ1v) is 12.6. The van der Waals surface area contributed by atoms with E-state index in [4.69, 9.17) is 0 Å². The van der Waals surface area contributed by atoms with Crippen molar-refractivity contribution in [2.45, 2.75) is 105 Å². The van der Waals surface area contributed by atoms with E-state index in [0.29, 0.717) is 29.6 Å². The molecule has 0 bridgehead atoms. The second-order valence-electron chi connectivity index (χ2n) is 12.1. The fraction of sp³-hybridized carbons (Fsp3) is 0.889. The van der Waals surface area contributed by atoms with Crippen LogP contribution in [0.1, 0.15) is 98.8 Å². The van der Waals surface area contributed by atoms with E-state index in [-0.39, 0.29) is 17.3 Å². The molecule has 4 aliphatic rings. The van der Waals surface area contributed by atoms with Crippen LogP contribution in [-0.2, 0) is 4.79 Å². The summed E-state index contributed by atoms with van der Waals surface area (Å²) in [5.74, 6) is 4.40. The summed E-state index contributed by atoms with van der Waals surface area (Å²) in [6.45, 7) is 12.2. The smallest absolute Gasteiger partial charge is 0.155 e. The van der Waals surface area contributed by atoms with Crippen LogP contribution in [0.2, 0.25) is 0 Å². The zero-order valence-corrected chi connectivity index (χ0v) is 19.5. The molecule has 8 atom stereocenters. The molecule has 1 N–H and O–H groups in total. The van der Waals surface area contributed by atoms with Crippen LogP contribution in [0.3, 0.4) is 0 Å². The lowest BCUT2D eigenvalue weighted by molar-refractivity contribution is -0.124. The van der Waals surface area contributed by atoms with Crippen LogP contribution in [0.25, 0.3) is 0 Å². The number of rotatable bonds is 5. The average molecular weight is 401 g/mol. The zero-order valence-electron chi connectivity index (χ0n) is 19.5. The second kappa shape index (κ2) is 7.81. The molecule has 3 saturated carbocycles. The molecule has 2 nitrogen and oxygen atoms in total. The van der Waals surface area contributed by atoms with Crippen LogP contribution >= 0.6 is 0 Å². The number of aliphatic hydroxyl groups is 1. The lowest BCUT2D eigenvalue weighted by Crippen LogP contribution is -2.55. The summed E-state index contributed by atoms with van der Waals surface area (Å²) in [5.41, 5.74) is 1.82. The maximum Gasteiger partial charge on any atom is 0.155 e. The van der Waals surface area contributed by atoms with Crippen molar-refractivity contribution in [3.05, 3.63) is 11.6 Å². The van der Waals surface area contributed by atoms with Crippen LogP contribution in [0.4, 0.5) is 0 Å². The third kappa shape index (κ3) is 3.56. The Balaban J connectivity index is 1.54. The largest absolute Gasteiger partial charge is 0.392 e. The average Bonchev–Trinajstić information content (AvgIpc) is 3.00. The van der Waals surface area contributed by atoms with Crippen molar-refractivity contribution in [2.75, 3.05) is 0 Å². The molecule has 0 aromatic carbocycles. The molecule has 0 aromatic rings. The minimum absolute atomic E-state index is 0.153. The molecule has 4 rings (SSSR count). The van der Waals surface area contributed by atoms with E-state index >= 15 is 0 Å². The van der Waals surface area contributed by atoms with E-state index in [0.717, 1.165) is 30.6 Å². The first-order valence-electron chi connectivity index (χ1n) is 12.6. The van der Waals surface area contributed by atoms with Crippen molar-refractivity contribution in [1.82, 2.24) is 0 Å². The maximum atomic E-state index is 12.0. The summed E-state index contributed by atoms with van der Waals surface area (Å²) in [7, 11) is 0. The van der Waals surface area contributed by atoms with Crippen LogP contribution in [0.15, 0.2) is 11.6 Å². The summed E-state index contributed by atoms with van der Waals surface area (Å²) < 4.78 is 0.